The van der Waals surface area contributed by atoms with Crippen molar-refractivity contribution < 1.29 is 9.53 Å². The van der Waals surface area contributed by atoms with E-state index in [9.17, 15) is 9.59 Å². The quantitative estimate of drug-likeness (QED) is 0.370. The number of para-hydroxylation sites is 1. The van der Waals surface area contributed by atoms with Crippen molar-refractivity contribution in [3.05, 3.63) is 111 Å². The molecule has 0 spiro atoms. The second kappa shape index (κ2) is 10.8. The Labute approximate surface area is 200 Å². The molecule has 0 unspecified atom stereocenters. The van der Waals surface area contributed by atoms with Crippen molar-refractivity contribution in [2.24, 2.45) is 0 Å². The molecule has 0 aliphatic carbocycles. The number of aromatic nitrogens is 1. The lowest BCUT2D eigenvalue weighted by Gasteiger charge is -2.24. The average Bonchev–Trinajstić information content (AvgIpc) is 2.87. The maximum Gasteiger partial charge on any atom is 0.257 e. The number of hydrogen-bond acceptors (Lipinski definition) is 3. The van der Waals surface area contributed by atoms with Gasteiger partial charge in [0.05, 0.1) is 18.7 Å². The number of H-pyrrole nitrogens is 1. The first-order valence-electron chi connectivity index (χ1n) is 11.8. The molecule has 0 saturated carbocycles. The van der Waals surface area contributed by atoms with Gasteiger partial charge in [-0.1, -0.05) is 55.5 Å². The van der Waals surface area contributed by atoms with Crippen molar-refractivity contribution in [1.82, 2.24) is 9.88 Å². The first kappa shape index (κ1) is 23.3. The third kappa shape index (κ3) is 5.37. The highest BCUT2D eigenvalue weighted by atomic mass is 16.5. The normalized spacial score (nSPS) is 10.9. The van der Waals surface area contributed by atoms with Crippen LogP contribution >= 0.6 is 0 Å². The second-order valence-electron chi connectivity index (χ2n) is 8.29. The molecule has 0 aliphatic rings. The van der Waals surface area contributed by atoms with Crippen molar-refractivity contribution in [2.45, 2.75) is 33.2 Å². The Morgan fingerprint density at radius 2 is 1.68 bits per heavy atom. The highest BCUT2D eigenvalue weighted by Gasteiger charge is 2.21. The van der Waals surface area contributed by atoms with E-state index in [0.717, 1.165) is 22.9 Å². The van der Waals surface area contributed by atoms with E-state index in [2.05, 4.69) is 18.0 Å². The molecule has 5 nitrogen and oxygen atoms in total. The Morgan fingerprint density at radius 3 is 2.44 bits per heavy atom. The van der Waals surface area contributed by atoms with Crippen LogP contribution in [0.25, 0.3) is 10.9 Å². The van der Waals surface area contributed by atoms with E-state index in [1.807, 2.05) is 67.6 Å². The van der Waals surface area contributed by atoms with Crippen LogP contribution in [0.3, 0.4) is 0 Å². The van der Waals surface area contributed by atoms with E-state index in [1.165, 1.54) is 5.56 Å². The number of amides is 1. The van der Waals surface area contributed by atoms with Gasteiger partial charge in [0.15, 0.2) is 0 Å². The summed E-state index contributed by atoms with van der Waals surface area (Å²) in [5.74, 6) is 0.404. The lowest BCUT2D eigenvalue weighted by molar-refractivity contribution is 0.0740. The minimum atomic E-state index is -0.174. The van der Waals surface area contributed by atoms with Gasteiger partial charge in [-0.05, 0) is 66.6 Å². The van der Waals surface area contributed by atoms with Crippen molar-refractivity contribution in [3.8, 4) is 5.75 Å². The molecule has 4 aromatic rings. The Bertz CT molecular complexity index is 1330. The molecule has 1 aromatic heterocycles. The highest BCUT2D eigenvalue weighted by Crippen LogP contribution is 2.22. The van der Waals surface area contributed by atoms with Gasteiger partial charge in [-0.15, -0.1) is 0 Å². The number of ether oxygens (including phenoxy) is 1. The zero-order valence-electron chi connectivity index (χ0n) is 19.7. The largest absolute Gasteiger partial charge is 0.493 e. The van der Waals surface area contributed by atoms with Gasteiger partial charge >= 0.3 is 0 Å². The molecule has 174 valence electrons. The first-order chi connectivity index (χ1) is 16.6. The van der Waals surface area contributed by atoms with Gasteiger partial charge in [0.2, 0.25) is 0 Å². The summed E-state index contributed by atoms with van der Waals surface area (Å²) in [6.07, 6.45) is 1.61. The summed E-state index contributed by atoms with van der Waals surface area (Å²) in [6.45, 7) is 5.17. The number of nitrogens with zero attached hydrogens (tertiary/aromatic N) is 1. The summed E-state index contributed by atoms with van der Waals surface area (Å²) in [5, 5.41) is 0.971. The van der Waals surface area contributed by atoms with E-state index in [-0.39, 0.29) is 18.0 Å². The molecular formula is C29H30N2O3. The summed E-state index contributed by atoms with van der Waals surface area (Å²) in [5.41, 5.74) is 4.03. The van der Waals surface area contributed by atoms with Crippen LogP contribution in [0, 0.1) is 0 Å². The molecule has 1 amide bonds. The predicted octanol–water partition coefficient (Wildman–Crippen LogP) is 5.37. The number of carbonyl (C=O) groups is 1. The molecular weight excluding hydrogens is 424 g/mol. The number of aryl methyl sites for hydroxylation is 1. The Balaban J connectivity index is 1.68. The van der Waals surface area contributed by atoms with E-state index in [0.29, 0.717) is 36.4 Å². The van der Waals surface area contributed by atoms with Gasteiger partial charge in [-0.25, -0.2) is 0 Å². The van der Waals surface area contributed by atoms with Crippen LogP contribution < -0.4 is 10.3 Å². The van der Waals surface area contributed by atoms with E-state index in [1.54, 1.807) is 17.0 Å². The maximum atomic E-state index is 13.7. The molecule has 0 fully saturated rings. The SMILES string of the molecule is CCOc1ccccc1C(=O)N(CCc1ccccc1)Cc1cc2cc(CC)ccc2[nH]c1=O. The standard InChI is InChI=1S/C29H30N2O3/c1-3-21-14-15-26-23(18-21)19-24(28(32)30-26)20-31(17-16-22-10-6-5-7-11-22)29(33)25-12-8-9-13-27(25)34-4-2/h5-15,18-19H,3-4,16-17,20H2,1-2H3,(H,30,32). The Morgan fingerprint density at radius 1 is 0.912 bits per heavy atom. The molecule has 34 heavy (non-hydrogen) atoms. The minimum Gasteiger partial charge on any atom is -0.493 e. The molecule has 1 heterocycles. The number of benzene rings is 3. The van der Waals surface area contributed by atoms with Crippen molar-refractivity contribution in [1.29, 1.82) is 0 Å². The molecule has 0 atom stereocenters. The molecule has 4 rings (SSSR count). The summed E-state index contributed by atoms with van der Waals surface area (Å²) in [4.78, 5) is 31.3. The molecule has 0 bridgehead atoms. The van der Waals surface area contributed by atoms with Gasteiger partial charge in [-0.2, -0.15) is 0 Å². The number of aromatic amines is 1. The van der Waals surface area contributed by atoms with Crippen molar-refractivity contribution in [3.63, 3.8) is 0 Å². The van der Waals surface area contributed by atoms with Crippen LogP contribution in [-0.4, -0.2) is 28.9 Å². The second-order valence-corrected chi connectivity index (χ2v) is 8.29. The lowest BCUT2D eigenvalue weighted by atomic mass is 10.1. The maximum absolute atomic E-state index is 13.7. The lowest BCUT2D eigenvalue weighted by Crippen LogP contribution is -2.34. The molecule has 0 radical (unpaired) electrons. The summed E-state index contributed by atoms with van der Waals surface area (Å²) in [7, 11) is 0. The summed E-state index contributed by atoms with van der Waals surface area (Å²) in [6, 6.07) is 25.3. The first-order valence-corrected chi connectivity index (χ1v) is 11.8. The smallest absolute Gasteiger partial charge is 0.257 e. The fourth-order valence-corrected chi connectivity index (χ4v) is 4.10. The third-order valence-electron chi connectivity index (χ3n) is 5.97. The third-order valence-corrected chi connectivity index (χ3v) is 5.97. The van der Waals surface area contributed by atoms with Gasteiger partial charge in [-0.3, -0.25) is 9.59 Å². The average molecular weight is 455 g/mol. The molecule has 3 aromatic carbocycles. The number of pyridine rings is 1. The molecule has 0 saturated heterocycles. The predicted molar refractivity (Wildman–Crippen MR) is 136 cm³/mol. The fraction of sp³-hybridized carbons (Fsp3) is 0.241. The number of hydrogen-bond donors (Lipinski definition) is 1. The molecule has 1 N–H and O–H groups in total. The number of fused-ring (bicyclic) bond motifs is 1. The highest BCUT2D eigenvalue weighted by molar-refractivity contribution is 5.97. The van der Waals surface area contributed by atoms with Gasteiger partial charge in [0, 0.05) is 17.6 Å². The van der Waals surface area contributed by atoms with Crippen LogP contribution in [0.4, 0.5) is 0 Å². The topological polar surface area (TPSA) is 62.4 Å². The summed E-state index contributed by atoms with van der Waals surface area (Å²) < 4.78 is 5.71. The van der Waals surface area contributed by atoms with Crippen LogP contribution in [0.2, 0.25) is 0 Å². The zero-order chi connectivity index (χ0) is 23.9. The monoisotopic (exact) mass is 454 g/mol. The van der Waals surface area contributed by atoms with E-state index >= 15 is 0 Å². The summed E-state index contributed by atoms with van der Waals surface area (Å²) >= 11 is 0. The van der Waals surface area contributed by atoms with Crippen molar-refractivity contribution >= 4 is 16.8 Å². The number of nitrogens with one attached hydrogen (secondary N) is 1. The zero-order valence-corrected chi connectivity index (χ0v) is 19.7. The molecule has 0 aliphatic heterocycles. The van der Waals surface area contributed by atoms with Gasteiger partial charge in [0.25, 0.3) is 11.5 Å². The number of carbonyl (C=O) groups excluding carboxylic acids is 1. The Hall–Kier alpha value is -3.86. The van der Waals surface area contributed by atoms with Crippen LogP contribution in [0.1, 0.15) is 40.9 Å². The number of rotatable bonds is 9. The van der Waals surface area contributed by atoms with Crippen LogP contribution in [-0.2, 0) is 19.4 Å². The van der Waals surface area contributed by atoms with Gasteiger partial charge < -0.3 is 14.6 Å². The van der Waals surface area contributed by atoms with Crippen molar-refractivity contribution in [2.75, 3.05) is 13.2 Å². The Kier molecular flexibility index (Phi) is 7.43. The molecule has 5 heteroatoms. The fourth-order valence-electron chi connectivity index (χ4n) is 4.10. The van der Waals surface area contributed by atoms with Gasteiger partial charge in [0.1, 0.15) is 5.75 Å². The van der Waals surface area contributed by atoms with E-state index < -0.39 is 0 Å². The van der Waals surface area contributed by atoms with Crippen LogP contribution in [0.15, 0.2) is 83.7 Å². The van der Waals surface area contributed by atoms with Crippen LogP contribution in [0.5, 0.6) is 5.75 Å². The minimum absolute atomic E-state index is 0.151. The van der Waals surface area contributed by atoms with E-state index in [4.69, 9.17) is 4.74 Å².